The molecule has 1 unspecified atom stereocenters. The zero-order chi connectivity index (χ0) is 12.3. The summed E-state index contributed by atoms with van der Waals surface area (Å²) >= 11 is 3.85. The predicted molar refractivity (Wildman–Crippen MR) is 60.6 cm³/mol. The van der Waals surface area contributed by atoms with Crippen LogP contribution in [0.25, 0.3) is 11.1 Å². The van der Waals surface area contributed by atoms with Crippen molar-refractivity contribution < 1.29 is 18.3 Å². The molecule has 0 aliphatic heterocycles. The van der Waals surface area contributed by atoms with E-state index in [4.69, 9.17) is 5.11 Å². The summed E-state index contributed by atoms with van der Waals surface area (Å²) in [6, 6.07) is 4.13. The molecule has 16 heavy (non-hydrogen) atoms. The van der Waals surface area contributed by atoms with Crippen molar-refractivity contribution in [3.8, 4) is 11.1 Å². The molecule has 0 spiro atoms. The molecule has 1 N–H and O–H groups in total. The van der Waals surface area contributed by atoms with Crippen molar-refractivity contribution >= 4 is 12.6 Å². The van der Waals surface area contributed by atoms with Gasteiger partial charge in [0.2, 0.25) is 0 Å². The van der Waals surface area contributed by atoms with Crippen molar-refractivity contribution in [2.75, 3.05) is 5.75 Å². The van der Waals surface area contributed by atoms with Gasteiger partial charge in [-0.3, -0.25) is 0 Å². The molecule has 2 rings (SSSR count). The number of aliphatic hydroxyl groups is 1. The molecule has 0 aromatic heterocycles. The Labute approximate surface area is 97.7 Å². The summed E-state index contributed by atoms with van der Waals surface area (Å²) in [4.78, 5) is 0. The average molecular weight is 250 g/mol. The molecule has 0 saturated carbocycles. The van der Waals surface area contributed by atoms with Gasteiger partial charge in [-0.05, 0) is 29.7 Å². The first kappa shape index (κ1) is 13.4. The van der Waals surface area contributed by atoms with Crippen molar-refractivity contribution in [1.82, 2.24) is 0 Å². The second-order valence-corrected chi connectivity index (χ2v) is 3.87. The van der Waals surface area contributed by atoms with Crippen LogP contribution < -0.4 is 0 Å². The van der Waals surface area contributed by atoms with Crippen LogP contribution in [-0.4, -0.2) is 17.0 Å². The van der Waals surface area contributed by atoms with Gasteiger partial charge in [0.1, 0.15) is 0 Å². The second-order valence-electron chi connectivity index (χ2n) is 3.50. The Balaban J connectivity index is 0.000000187. The van der Waals surface area contributed by atoms with Gasteiger partial charge in [-0.25, -0.2) is 0 Å². The molecule has 0 fully saturated rings. The molecule has 1 atom stereocenters. The number of thiol groups is 1. The minimum atomic E-state index is -4.17. The van der Waals surface area contributed by atoms with Crippen LogP contribution in [0.5, 0.6) is 0 Å². The fraction of sp³-hybridized carbons (Fsp3) is 0.455. The number of halogens is 3. The molecule has 2 aliphatic rings. The lowest BCUT2D eigenvalue weighted by atomic mass is 10.3. The average Bonchev–Trinajstić information content (AvgIpc) is 2.86. The highest BCUT2D eigenvalue weighted by molar-refractivity contribution is 7.80. The minimum absolute atomic E-state index is 0.201. The van der Waals surface area contributed by atoms with Gasteiger partial charge in [0.15, 0.2) is 0 Å². The molecular formula is C11H13F3OS. The standard InChI is InChI=1S/C7H3F3.C4H10OS/c8-7(9,10)6-2-1-4-3-5(4)6;1-2-4(5)3-6/h1-3H;4-6H,2-3H2,1H3. The lowest BCUT2D eigenvalue weighted by molar-refractivity contribution is -0.136. The lowest BCUT2D eigenvalue weighted by Gasteiger charge is -2.01. The van der Waals surface area contributed by atoms with Crippen LogP contribution in [-0.2, 0) is 6.18 Å². The summed E-state index contributed by atoms with van der Waals surface area (Å²) in [5.41, 5.74) is 0.599. The molecule has 0 heterocycles. The van der Waals surface area contributed by atoms with Gasteiger partial charge in [0.05, 0.1) is 11.7 Å². The first-order valence-corrected chi connectivity index (χ1v) is 5.54. The highest BCUT2D eigenvalue weighted by atomic mass is 32.1. The number of benzene rings is 1. The molecule has 0 radical (unpaired) electrons. The predicted octanol–water partition coefficient (Wildman–Crippen LogP) is 3.37. The Hall–Kier alpha value is -0.680. The summed E-state index contributed by atoms with van der Waals surface area (Å²) < 4.78 is 35.7. The number of alkyl halides is 3. The minimum Gasteiger partial charge on any atom is -0.392 e. The highest BCUT2D eigenvalue weighted by Gasteiger charge is 2.37. The van der Waals surface area contributed by atoms with Crippen LogP contribution in [0, 0.1) is 0 Å². The van der Waals surface area contributed by atoms with Crippen molar-refractivity contribution in [3.05, 3.63) is 23.8 Å². The van der Waals surface area contributed by atoms with Crippen LogP contribution in [0.1, 0.15) is 18.9 Å². The van der Waals surface area contributed by atoms with E-state index in [0.717, 1.165) is 18.1 Å². The SMILES string of the molecule is CCC(O)CS.FC(F)(F)c1ccc2cc1-2. The Morgan fingerprint density at radius 2 is 2.00 bits per heavy atom. The maximum absolute atomic E-state index is 11.9. The number of hydrogen-bond acceptors (Lipinski definition) is 2. The Bertz CT molecular complexity index is 359. The van der Waals surface area contributed by atoms with E-state index in [2.05, 4.69) is 12.6 Å². The molecule has 90 valence electrons. The molecule has 1 nitrogen and oxygen atoms in total. The highest BCUT2D eigenvalue weighted by Crippen LogP contribution is 2.45. The Kier molecular flexibility index (Phi) is 4.27. The number of fused-ring (bicyclic) bond motifs is 1. The fourth-order valence-corrected chi connectivity index (χ4v) is 1.39. The smallest absolute Gasteiger partial charge is 0.392 e. The van der Waals surface area contributed by atoms with E-state index in [0.29, 0.717) is 11.3 Å². The monoisotopic (exact) mass is 250 g/mol. The third-order valence-electron chi connectivity index (χ3n) is 2.23. The molecule has 0 saturated heterocycles. The van der Waals surface area contributed by atoms with Crippen molar-refractivity contribution in [2.24, 2.45) is 0 Å². The topological polar surface area (TPSA) is 20.2 Å². The molecule has 0 aromatic carbocycles. The first-order valence-electron chi connectivity index (χ1n) is 4.90. The summed E-state index contributed by atoms with van der Waals surface area (Å²) in [6.07, 6.45) is -3.56. The molecule has 5 heteroatoms. The third-order valence-corrected chi connectivity index (χ3v) is 2.66. The zero-order valence-corrected chi connectivity index (χ0v) is 9.65. The second kappa shape index (κ2) is 5.10. The van der Waals surface area contributed by atoms with Gasteiger partial charge >= 0.3 is 6.18 Å². The van der Waals surface area contributed by atoms with Crippen LogP contribution in [0.4, 0.5) is 13.2 Å². The van der Waals surface area contributed by atoms with Gasteiger partial charge in [-0.15, -0.1) is 0 Å². The summed E-state index contributed by atoms with van der Waals surface area (Å²) in [5.74, 6) is 0.580. The van der Waals surface area contributed by atoms with Gasteiger partial charge in [0, 0.05) is 5.75 Å². The zero-order valence-electron chi connectivity index (χ0n) is 8.75. The van der Waals surface area contributed by atoms with Gasteiger partial charge < -0.3 is 5.11 Å². The summed E-state index contributed by atoms with van der Waals surface area (Å²) in [5, 5.41) is 8.59. The van der Waals surface area contributed by atoms with E-state index in [1.54, 1.807) is 0 Å². The maximum atomic E-state index is 11.9. The Morgan fingerprint density at radius 1 is 1.38 bits per heavy atom. The lowest BCUT2D eigenvalue weighted by Crippen LogP contribution is -2.04. The van der Waals surface area contributed by atoms with E-state index in [1.165, 1.54) is 12.1 Å². The quantitative estimate of drug-likeness (QED) is 0.783. The van der Waals surface area contributed by atoms with E-state index in [-0.39, 0.29) is 6.10 Å². The van der Waals surface area contributed by atoms with Gasteiger partial charge in [-0.1, -0.05) is 13.0 Å². The van der Waals surface area contributed by atoms with Gasteiger partial charge in [0.25, 0.3) is 0 Å². The first-order chi connectivity index (χ1) is 7.40. The number of aliphatic hydroxyl groups excluding tert-OH is 1. The fourth-order valence-electron chi connectivity index (χ4n) is 1.13. The van der Waals surface area contributed by atoms with Crippen molar-refractivity contribution in [3.63, 3.8) is 0 Å². The molecule has 0 amide bonds. The summed E-state index contributed by atoms with van der Waals surface area (Å²) in [7, 11) is 0. The van der Waals surface area contributed by atoms with E-state index >= 15 is 0 Å². The van der Waals surface area contributed by atoms with E-state index in [9.17, 15) is 13.2 Å². The number of hydrogen-bond donors (Lipinski definition) is 2. The van der Waals surface area contributed by atoms with Gasteiger partial charge in [-0.2, -0.15) is 25.8 Å². The van der Waals surface area contributed by atoms with Crippen LogP contribution in [0.3, 0.4) is 0 Å². The number of rotatable bonds is 2. The molecular weight excluding hydrogens is 237 g/mol. The van der Waals surface area contributed by atoms with Crippen LogP contribution in [0.2, 0.25) is 0 Å². The van der Waals surface area contributed by atoms with Crippen LogP contribution >= 0.6 is 12.6 Å². The molecule has 0 aromatic rings. The van der Waals surface area contributed by atoms with E-state index in [1.807, 2.05) is 6.92 Å². The molecule has 0 bridgehead atoms. The Morgan fingerprint density at radius 3 is 2.12 bits per heavy atom. The van der Waals surface area contributed by atoms with Crippen LogP contribution in [0.15, 0.2) is 18.2 Å². The van der Waals surface area contributed by atoms with E-state index < -0.39 is 11.7 Å². The maximum Gasteiger partial charge on any atom is 0.417 e. The molecule has 2 aliphatic carbocycles. The largest absolute Gasteiger partial charge is 0.417 e. The normalized spacial score (nSPS) is 13.9. The summed E-state index contributed by atoms with van der Waals surface area (Å²) in [6.45, 7) is 1.93. The third kappa shape index (κ3) is 3.42. The van der Waals surface area contributed by atoms with Crippen molar-refractivity contribution in [1.29, 1.82) is 0 Å². The van der Waals surface area contributed by atoms with Crippen molar-refractivity contribution in [2.45, 2.75) is 25.6 Å².